The summed E-state index contributed by atoms with van der Waals surface area (Å²) < 4.78 is 0. The van der Waals surface area contributed by atoms with E-state index in [0.717, 1.165) is 6.42 Å². The summed E-state index contributed by atoms with van der Waals surface area (Å²) in [6, 6.07) is 0. The van der Waals surface area contributed by atoms with E-state index in [4.69, 9.17) is 0 Å². The van der Waals surface area contributed by atoms with Crippen LogP contribution in [0.1, 0.15) is 59.8 Å². The van der Waals surface area contributed by atoms with E-state index in [1.54, 1.807) is 0 Å². The van der Waals surface area contributed by atoms with Crippen LogP contribution in [0.15, 0.2) is 59.3 Å². The van der Waals surface area contributed by atoms with Crippen LogP contribution in [-0.4, -0.2) is 0 Å². The summed E-state index contributed by atoms with van der Waals surface area (Å²) in [6.07, 6.45) is 17.4. The van der Waals surface area contributed by atoms with Gasteiger partial charge in [0.15, 0.2) is 0 Å². The zero-order valence-electron chi connectivity index (χ0n) is 13.7. The Labute approximate surface area is 125 Å². The Morgan fingerprint density at radius 1 is 1.05 bits per heavy atom. The van der Waals surface area contributed by atoms with E-state index in [1.165, 1.54) is 48.0 Å². The molecule has 0 fully saturated rings. The summed E-state index contributed by atoms with van der Waals surface area (Å²) in [5.74, 6) is 0.502. The predicted octanol–water partition coefficient (Wildman–Crippen LogP) is 6.54. The van der Waals surface area contributed by atoms with Crippen LogP contribution < -0.4 is 0 Å². The standard InChI is InChI=1S/C20H30/c1-16(2)20-14-12-18(4)10-6-8-17(3)9-7-11-19(5)13-15-20/h8,10-12,14,20H,1,6-7,9,13,15H2,2-5H3/b14-12+,17-8+,18-10-,19-11+/t20-/m0/s1. The molecule has 1 atom stereocenters. The molecule has 0 spiro atoms. The Bertz CT molecular complexity index is 441. The zero-order chi connectivity index (χ0) is 15.0. The van der Waals surface area contributed by atoms with E-state index in [0.29, 0.717) is 5.92 Å². The predicted molar refractivity (Wildman–Crippen MR) is 91.8 cm³/mol. The van der Waals surface area contributed by atoms with Gasteiger partial charge in [-0.2, -0.15) is 0 Å². The van der Waals surface area contributed by atoms with Gasteiger partial charge in [-0.3, -0.25) is 0 Å². The van der Waals surface area contributed by atoms with E-state index < -0.39 is 0 Å². The first-order chi connectivity index (χ1) is 9.49. The lowest BCUT2D eigenvalue weighted by Gasteiger charge is -2.13. The lowest BCUT2D eigenvalue weighted by Crippen LogP contribution is -1.98. The van der Waals surface area contributed by atoms with Crippen molar-refractivity contribution < 1.29 is 0 Å². The average Bonchev–Trinajstić information content (AvgIpc) is 2.37. The topological polar surface area (TPSA) is 0 Å². The number of hydrogen-bond acceptors (Lipinski definition) is 0. The molecule has 0 N–H and O–H groups in total. The summed E-state index contributed by atoms with van der Waals surface area (Å²) in [6.45, 7) is 13.0. The lowest BCUT2D eigenvalue weighted by atomic mass is 9.92. The van der Waals surface area contributed by atoms with Crippen molar-refractivity contribution in [2.75, 3.05) is 0 Å². The fraction of sp³-hybridized carbons (Fsp3) is 0.500. The summed E-state index contributed by atoms with van der Waals surface area (Å²) in [5, 5.41) is 0. The van der Waals surface area contributed by atoms with Gasteiger partial charge in [-0.25, -0.2) is 0 Å². The second-order valence-electron chi connectivity index (χ2n) is 6.17. The fourth-order valence-electron chi connectivity index (χ4n) is 2.42. The minimum atomic E-state index is 0.502. The molecule has 0 unspecified atom stereocenters. The second-order valence-corrected chi connectivity index (χ2v) is 6.17. The maximum Gasteiger partial charge on any atom is -0.00225 e. The smallest absolute Gasteiger partial charge is 0.00225 e. The third-order valence-corrected chi connectivity index (χ3v) is 4.01. The summed E-state index contributed by atoms with van der Waals surface area (Å²) in [7, 11) is 0. The Morgan fingerprint density at radius 2 is 1.75 bits per heavy atom. The van der Waals surface area contributed by atoms with Gasteiger partial charge in [-0.1, -0.05) is 59.3 Å². The van der Waals surface area contributed by atoms with Crippen molar-refractivity contribution in [1.82, 2.24) is 0 Å². The van der Waals surface area contributed by atoms with Crippen LogP contribution in [-0.2, 0) is 0 Å². The van der Waals surface area contributed by atoms with Crippen LogP contribution in [0.2, 0.25) is 0 Å². The molecule has 1 aliphatic carbocycles. The molecular weight excluding hydrogens is 240 g/mol. The molecule has 0 saturated heterocycles. The van der Waals surface area contributed by atoms with Crippen LogP contribution in [0.4, 0.5) is 0 Å². The van der Waals surface area contributed by atoms with Crippen molar-refractivity contribution in [2.24, 2.45) is 5.92 Å². The van der Waals surface area contributed by atoms with Crippen LogP contribution in [0.25, 0.3) is 0 Å². The molecule has 110 valence electrons. The maximum absolute atomic E-state index is 4.14. The van der Waals surface area contributed by atoms with Gasteiger partial charge in [-0.05, 0) is 65.7 Å². The molecule has 0 saturated carbocycles. The highest BCUT2D eigenvalue weighted by molar-refractivity contribution is 5.21. The number of hydrogen-bond donors (Lipinski definition) is 0. The van der Waals surface area contributed by atoms with Gasteiger partial charge in [0.25, 0.3) is 0 Å². The highest BCUT2D eigenvalue weighted by atomic mass is 14.1. The molecular formula is C20H30. The van der Waals surface area contributed by atoms with Gasteiger partial charge < -0.3 is 0 Å². The first-order valence-corrected chi connectivity index (χ1v) is 7.80. The summed E-state index contributed by atoms with van der Waals surface area (Å²) in [5.41, 5.74) is 5.63. The van der Waals surface area contributed by atoms with Crippen LogP contribution >= 0.6 is 0 Å². The van der Waals surface area contributed by atoms with Gasteiger partial charge in [0.2, 0.25) is 0 Å². The largest absolute Gasteiger partial charge is 0.0995 e. The number of rotatable bonds is 1. The molecule has 0 heterocycles. The van der Waals surface area contributed by atoms with E-state index in [2.05, 4.69) is 64.7 Å². The third kappa shape index (κ3) is 6.75. The average molecular weight is 270 g/mol. The number of allylic oxidation sites excluding steroid dienone is 9. The molecule has 0 nitrogen and oxygen atoms in total. The van der Waals surface area contributed by atoms with Gasteiger partial charge >= 0.3 is 0 Å². The van der Waals surface area contributed by atoms with E-state index in [-0.39, 0.29) is 0 Å². The molecule has 0 aliphatic heterocycles. The summed E-state index contributed by atoms with van der Waals surface area (Å²) in [4.78, 5) is 0. The van der Waals surface area contributed by atoms with Gasteiger partial charge in [0.1, 0.15) is 0 Å². The van der Waals surface area contributed by atoms with Crippen molar-refractivity contribution in [3.8, 4) is 0 Å². The minimum Gasteiger partial charge on any atom is -0.0995 e. The third-order valence-electron chi connectivity index (χ3n) is 4.01. The lowest BCUT2D eigenvalue weighted by molar-refractivity contribution is 0.668. The first kappa shape index (κ1) is 16.8. The molecule has 20 heavy (non-hydrogen) atoms. The van der Waals surface area contributed by atoms with E-state index in [9.17, 15) is 0 Å². The highest BCUT2D eigenvalue weighted by Crippen LogP contribution is 2.21. The molecule has 0 aromatic rings. The summed E-state index contributed by atoms with van der Waals surface area (Å²) >= 11 is 0. The molecule has 1 aliphatic rings. The van der Waals surface area contributed by atoms with Crippen molar-refractivity contribution in [3.63, 3.8) is 0 Å². The van der Waals surface area contributed by atoms with Crippen LogP contribution in [0, 0.1) is 5.92 Å². The Kier molecular flexibility index (Phi) is 7.36. The molecule has 0 bridgehead atoms. The molecule has 1 rings (SSSR count). The van der Waals surface area contributed by atoms with Gasteiger partial charge in [-0.15, -0.1) is 0 Å². The normalized spacial score (nSPS) is 31.8. The van der Waals surface area contributed by atoms with Crippen molar-refractivity contribution in [3.05, 3.63) is 59.3 Å². The van der Waals surface area contributed by atoms with Crippen LogP contribution in [0.5, 0.6) is 0 Å². The Hall–Kier alpha value is -1.30. The SMILES string of the molecule is C=C(C)[C@H]1/C=C/C(C)=C\C/C=C(\C)CC/C=C(\C)CC1. The quantitative estimate of drug-likeness (QED) is 0.475. The van der Waals surface area contributed by atoms with E-state index >= 15 is 0 Å². The fourth-order valence-corrected chi connectivity index (χ4v) is 2.42. The molecule has 0 heteroatoms. The minimum absolute atomic E-state index is 0.502. The van der Waals surface area contributed by atoms with Gasteiger partial charge in [0.05, 0.1) is 0 Å². The van der Waals surface area contributed by atoms with Crippen molar-refractivity contribution in [1.29, 1.82) is 0 Å². The van der Waals surface area contributed by atoms with Crippen LogP contribution in [0.3, 0.4) is 0 Å². The molecule has 0 amide bonds. The maximum atomic E-state index is 4.14. The highest BCUT2D eigenvalue weighted by Gasteiger charge is 2.06. The first-order valence-electron chi connectivity index (χ1n) is 7.80. The van der Waals surface area contributed by atoms with E-state index in [1.807, 2.05) is 0 Å². The molecule has 0 radical (unpaired) electrons. The van der Waals surface area contributed by atoms with Gasteiger partial charge in [0, 0.05) is 0 Å². The monoisotopic (exact) mass is 270 g/mol. The second kappa shape index (κ2) is 8.79. The molecule has 0 aromatic carbocycles. The Morgan fingerprint density at radius 3 is 2.45 bits per heavy atom. The zero-order valence-corrected chi connectivity index (χ0v) is 13.7. The molecule has 0 aromatic heterocycles. The van der Waals surface area contributed by atoms with Crippen molar-refractivity contribution >= 4 is 0 Å². The Balaban J connectivity index is 2.88. The van der Waals surface area contributed by atoms with Crippen molar-refractivity contribution in [2.45, 2.75) is 59.8 Å².